The lowest BCUT2D eigenvalue weighted by Gasteiger charge is -2.02. The highest BCUT2D eigenvalue weighted by Gasteiger charge is 2.14. The Morgan fingerprint density at radius 3 is 2.88 bits per heavy atom. The summed E-state index contributed by atoms with van der Waals surface area (Å²) in [6.07, 6.45) is 0. The third-order valence-electron chi connectivity index (χ3n) is 2.04. The number of halogens is 2. The first-order valence-corrected chi connectivity index (χ1v) is 5.14. The first-order valence-electron chi connectivity index (χ1n) is 4.76. The summed E-state index contributed by atoms with van der Waals surface area (Å²) in [6, 6.07) is 5.27. The highest BCUT2D eigenvalue weighted by Crippen LogP contribution is 2.17. The van der Waals surface area contributed by atoms with Crippen LogP contribution in [0.15, 0.2) is 28.8 Å². The van der Waals surface area contributed by atoms with E-state index in [9.17, 15) is 9.18 Å². The molecule has 0 radical (unpaired) electrons. The van der Waals surface area contributed by atoms with Crippen molar-refractivity contribution < 1.29 is 13.7 Å². The van der Waals surface area contributed by atoms with Crippen LogP contribution in [0.5, 0.6) is 0 Å². The molecule has 88 valence electrons. The highest BCUT2D eigenvalue weighted by molar-refractivity contribution is 6.31. The summed E-state index contributed by atoms with van der Waals surface area (Å²) in [6.45, 7) is 1.71. The molecule has 0 atom stereocenters. The van der Waals surface area contributed by atoms with Crippen LogP contribution in [0.25, 0.3) is 0 Å². The minimum absolute atomic E-state index is 0.147. The Hall–Kier alpha value is -1.88. The van der Waals surface area contributed by atoms with Crippen molar-refractivity contribution in [3.63, 3.8) is 0 Å². The van der Waals surface area contributed by atoms with Crippen LogP contribution in [-0.4, -0.2) is 11.1 Å². The third-order valence-corrected chi connectivity index (χ3v) is 2.27. The van der Waals surface area contributed by atoms with Gasteiger partial charge in [0.25, 0.3) is 5.91 Å². The van der Waals surface area contributed by atoms with Crippen LogP contribution in [0, 0.1) is 12.7 Å². The molecule has 0 bridgehead atoms. The molecule has 0 saturated carbocycles. The molecule has 0 spiro atoms. The van der Waals surface area contributed by atoms with Gasteiger partial charge in [0.1, 0.15) is 5.82 Å². The zero-order chi connectivity index (χ0) is 12.4. The van der Waals surface area contributed by atoms with Gasteiger partial charge in [-0.25, -0.2) is 4.39 Å². The van der Waals surface area contributed by atoms with Gasteiger partial charge < -0.3 is 4.52 Å². The highest BCUT2D eigenvalue weighted by atomic mass is 35.5. The number of nitrogens with zero attached hydrogens (tertiary/aromatic N) is 1. The third kappa shape index (κ3) is 2.62. The molecule has 6 heteroatoms. The molecule has 1 N–H and O–H groups in total. The zero-order valence-corrected chi connectivity index (χ0v) is 9.58. The summed E-state index contributed by atoms with van der Waals surface area (Å²) in [5.41, 5.74) is 0.471. The number of benzene rings is 1. The van der Waals surface area contributed by atoms with Gasteiger partial charge in [0.15, 0.2) is 0 Å². The van der Waals surface area contributed by atoms with Crippen molar-refractivity contribution in [3.05, 3.63) is 46.4 Å². The maximum Gasteiger partial charge on any atom is 0.261 e. The van der Waals surface area contributed by atoms with Gasteiger partial charge in [-0.1, -0.05) is 16.8 Å². The quantitative estimate of drug-likeness (QED) is 0.896. The Balaban J connectivity index is 2.22. The lowest BCUT2D eigenvalue weighted by Crippen LogP contribution is -2.13. The van der Waals surface area contributed by atoms with E-state index >= 15 is 0 Å². The second-order valence-electron chi connectivity index (χ2n) is 3.41. The van der Waals surface area contributed by atoms with Crippen molar-refractivity contribution in [2.75, 3.05) is 5.32 Å². The normalized spacial score (nSPS) is 10.3. The van der Waals surface area contributed by atoms with E-state index in [1.807, 2.05) is 0 Å². The lowest BCUT2D eigenvalue weighted by atomic mass is 10.2. The van der Waals surface area contributed by atoms with Gasteiger partial charge in [-0.05, 0) is 25.1 Å². The smallest absolute Gasteiger partial charge is 0.261 e. The first-order chi connectivity index (χ1) is 8.06. The topological polar surface area (TPSA) is 55.1 Å². The number of carbonyl (C=O) groups is 1. The van der Waals surface area contributed by atoms with Crippen molar-refractivity contribution in [2.24, 2.45) is 0 Å². The molecule has 1 aromatic heterocycles. The number of aromatic nitrogens is 1. The van der Waals surface area contributed by atoms with Crippen LogP contribution < -0.4 is 5.32 Å². The van der Waals surface area contributed by atoms with E-state index in [-0.39, 0.29) is 16.5 Å². The Bertz CT molecular complexity index is 568. The Morgan fingerprint density at radius 2 is 2.24 bits per heavy atom. The molecule has 0 aliphatic rings. The largest absolute Gasteiger partial charge is 0.338 e. The Morgan fingerprint density at radius 1 is 1.47 bits per heavy atom. The molecule has 1 aromatic carbocycles. The van der Waals surface area contributed by atoms with E-state index in [0.717, 1.165) is 6.07 Å². The molecule has 0 fully saturated rings. The van der Waals surface area contributed by atoms with Gasteiger partial charge in [-0.3, -0.25) is 10.1 Å². The van der Waals surface area contributed by atoms with Crippen molar-refractivity contribution in [2.45, 2.75) is 6.92 Å². The van der Waals surface area contributed by atoms with E-state index in [1.54, 1.807) is 6.92 Å². The van der Waals surface area contributed by atoms with Crippen LogP contribution >= 0.6 is 11.6 Å². The number of hydrogen-bond acceptors (Lipinski definition) is 3. The summed E-state index contributed by atoms with van der Waals surface area (Å²) in [5.74, 6) is -1.13. The van der Waals surface area contributed by atoms with Gasteiger partial charge >= 0.3 is 0 Å². The minimum atomic E-state index is -0.650. The summed E-state index contributed by atoms with van der Waals surface area (Å²) < 4.78 is 18.2. The van der Waals surface area contributed by atoms with Crippen molar-refractivity contribution in [1.29, 1.82) is 0 Å². The van der Waals surface area contributed by atoms with Gasteiger partial charge in [0.2, 0.25) is 5.88 Å². The fraction of sp³-hybridized carbons (Fsp3) is 0.0909. The molecule has 2 rings (SSSR count). The molecule has 0 unspecified atom stereocenters. The SMILES string of the molecule is Cc1cc(NC(=O)c2cc(Cl)ccc2F)on1. The molecule has 0 aliphatic carbocycles. The molecule has 1 amide bonds. The van der Waals surface area contributed by atoms with Crippen LogP contribution in [0.3, 0.4) is 0 Å². The van der Waals surface area contributed by atoms with Crippen LogP contribution in [0.4, 0.5) is 10.3 Å². The van der Waals surface area contributed by atoms with Gasteiger partial charge in [-0.2, -0.15) is 0 Å². The van der Waals surface area contributed by atoms with Crippen molar-refractivity contribution in [1.82, 2.24) is 5.16 Å². The number of anilines is 1. The van der Waals surface area contributed by atoms with Gasteiger partial charge in [0, 0.05) is 11.1 Å². The number of rotatable bonds is 2. The molecule has 4 nitrogen and oxygen atoms in total. The Labute approximate surface area is 101 Å². The minimum Gasteiger partial charge on any atom is -0.338 e. The van der Waals surface area contributed by atoms with E-state index < -0.39 is 11.7 Å². The van der Waals surface area contributed by atoms with Crippen molar-refractivity contribution in [3.8, 4) is 0 Å². The summed E-state index contributed by atoms with van der Waals surface area (Å²) in [5, 5.41) is 6.26. The van der Waals surface area contributed by atoms with Crippen LogP contribution in [-0.2, 0) is 0 Å². The molecule has 17 heavy (non-hydrogen) atoms. The summed E-state index contributed by atoms with van der Waals surface area (Å²) in [7, 11) is 0. The molecule has 0 aliphatic heterocycles. The lowest BCUT2D eigenvalue weighted by molar-refractivity contribution is 0.102. The summed E-state index contributed by atoms with van der Waals surface area (Å²) in [4.78, 5) is 11.7. The summed E-state index contributed by atoms with van der Waals surface area (Å²) >= 11 is 5.69. The monoisotopic (exact) mass is 254 g/mol. The fourth-order valence-corrected chi connectivity index (χ4v) is 1.45. The molecule has 0 saturated heterocycles. The van der Waals surface area contributed by atoms with Gasteiger partial charge in [-0.15, -0.1) is 0 Å². The zero-order valence-electron chi connectivity index (χ0n) is 8.83. The molecule has 1 heterocycles. The first kappa shape index (κ1) is 11.6. The molecular weight excluding hydrogens is 247 g/mol. The average molecular weight is 255 g/mol. The van der Waals surface area contributed by atoms with Crippen molar-refractivity contribution >= 4 is 23.4 Å². The number of carbonyl (C=O) groups excluding carboxylic acids is 1. The second kappa shape index (κ2) is 4.55. The van der Waals surface area contributed by atoms with Gasteiger partial charge in [0.05, 0.1) is 11.3 Å². The van der Waals surface area contributed by atoms with Crippen LogP contribution in [0.1, 0.15) is 16.1 Å². The molecule has 2 aromatic rings. The predicted octanol–water partition coefficient (Wildman–Crippen LogP) is 3.03. The Kier molecular flexibility index (Phi) is 3.10. The van der Waals surface area contributed by atoms with E-state index in [0.29, 0.717) is 5.69 Å². The van der Waals surface area contributed by atoms with E-state index in [2.05, 4.69) is 10.5 Å². The maximum absolute atomic E-state index is 13.4. The van der Waals surface area contributed by atoms with Crippen LogP contribution in [0.2, 0.25) is 5.02 Å². The average Bonchev–Trinajstić information content (AvgIpc) is 2.67. The van der Waals surface area contributed by atoms with E-state index in [1.165, 1.54) is 18.2 Å². The number of aryl methyl sites for hydroxylation is 1. The predicted molar refractivity (Wildman–Crippen MR) is 60.6 cm³/mol. The number of nitrogens with one attached hydrogen (secondary N) is 1. The number of hydrogen-bond donors (Lipinski definition) is 1. The number of amides is 1. The fourth-order valence-electron chi connectivity index (χ4n) is 1.27. The second-order valence-corrected chi connectivity index (χ2v) is 3.85. The van der Waals surface area contributed by atoms with E-state index in [4.69, 9.17) is 16.1 Å². The maximum atomic E-state index is 13.4. The standard InChI is InChI=1S/C11H8ClFN2O2/c1-6-4-10(17-15-6)14-11(16)8-5-7(12)2-3-9(8)13/h2-5H,1H3,(H,14,16). The molecular formula is C11H8ClFN2O2.